The Morgan fingerprint density at radius 2 is 2.19 bits per heavy atom. The largest absolute Gasteiger partial charge is 0.378 e. The number of morpholine rings is 1. The van der Waals surface area contributed by atoms with Gasteiger partial charge in [-0.15, -0.1) is 0 Å². The summed E-state index contributed by atoms with van der Waals surface area (Å²) >= 11 is 0. The van der Waals surface area contributed by atoms with Crippen molar-refractivity contribution in [2.24, 2.45) is 11.7 Å². The first-order chi connectivity index (χ1) is 7.47. The van der Waals surface area contributed by atoms with E-state index in [1.165, 1.54) is 4.31 Å². The van der Waals surface area contributed by atoms with Crippen LogP contribution in [0.5, 0.6) is 0 Å². The summed E-state index contributed by atoms with van der Waals surface area (Å²) in [7, 11) is -3.17. The summed E-state index contributed by atoms with van der Waals surface area (Å²) in [5, 5.41) is 0. The molecule has 0 aromatic rings. The van der Waals surface area contributed by atoms with Crippen LogP contribution in [-0.2, 0) is 14.8 Å². The molecular weight excluding hydrogens is 228 g/mol. The fourth-order valence-corrected chi connectivity index (χ4v) is 3.65. The first kappa shape index (κ1) is 13.9. The maximum Gasteiger partial charge on any atom is 0.214 e. The molecule has 6 heteroatoms. The van der Waals surface area contributed by atoms with Crippen molar-refractivity contribution in [3.8, 4) is 0 Å². The lowest BCUT2D eigenvalue weighted by atomic mass is 10.2. The molecule has 1 aliphatic heterocycles. The average Bonchev–Trinajstić information content (AvgIpc) is 2.26. The Hall–Kier alpha value is -0.170. The Bertz CT molecular complexity index is 303. The number of nitrogens with zero attached hydrogens (tertiary/aromatic N) is 1. The van der Waals surface area contributed by atoms with Gasteiger partial charge in [-0.05, 0) is 12.3 Å². The number of nitrogens with two attached hydrogens (primary N) is 1. The van der Waals surface area contributed by atoms with E-state index in [1.807, 2.05) is 13.8 Å². The maximum atomic E-state index is 12.1. The van der Waals surface area contributed by atoms with Crippen LogP contribution in [0.1, 0.15) is 20.3 Å². The summed E-state index contributed by atoms with van der Waals surface area (Å²) in [4.78, 5) is 0. The molecule has 0 aromatic heterocycles. The van der Waals surface area contributed by atoms with Gasteiger partial charge in [-0.3, -0.25) is 0 Å². The third-order valence-electron chi connectivity index (χ3n) is 2.76. The van der Waals surface area contributed by atoms with Gasteiger partial charge in [0, 0.05) is 13.1 Å². The Kier molecular flexibility index (Phi) is 5.17. The van der Waals surface area contributed by atoms with E-state index in [-0.39, 0.29) is 11.8 Å². The van der Waals surface area contributed by atoms with Gasteiger partial charge >= 0.3 is 0 Å². The van der Waals surface area contributed by atoms with E-state index in [0.717, 1.165) is 0 Å². The van der Waals surface area contributed by atoms with Crippen LogP contribution in [0.2, 0.25) is 0 Å². The van der Waals surface area contributed by atoms with E-state index in [0.29, 0.717) is 38.6 Å². The Labute approximate surface area is 98.0 Å². The summed E-state index contributed by atoms with van der Waals surface area (Å²) in [5.41, 5.74) is 5.56. The van der Waals surface area contributed by atoms with E-state index >= 15 is 0 Å². The predicted octanol–water partition coefficient (Wildman–Crippen LogP) is 0.0218. The monoisotopic (exact) mass is 250 g/mol. The summed E-state index contributed by atoms with van der Waals surface area (Å²) in [6.07, 6.45) is 0.691. The van der Waals surface area contributed by atoms with Crippen molar-refractivity contribution in [2.45, 2.75) is 26.3 Å². The van der Waals surface area contributed by atoms with E-state index in [1.54, 1.807) is 0 Å². The fourth-order valence-electron chi connectivity index (χ4n) is 1.69. The van der Waals surface area contributed by atoms with Crippen molar-refractivity contribution in [3.05, 3.63) is 0 Å². The molecule has 1 unspecified atom stereocenters. The van der Waals surface area contributed by atoms with Crippen molar-refractivity contribution in [3.63, 3.8) is 0 Å². The Balaban J connectivity index is 2.64. The summed E-state index contributed by atoms with van der Waals surface area (Å²) in [6, 6.07) is -0.189. The minimum absolute atomic E-state index is 0.189. The highest BCUT2D eigenvalue weighted by Crippen LogP contribution is 2.14. The molecule has 16 heavy (non-hydrogen) atoms. The van der Waals surface area contributed by atoms with Crippen molar-refractivity contribution in [1.82, 2.24) is 4.31 Å². The summed E-state index contributed by atoms with van der Waals surface area (Å²) in [6.45, 7) is 5.68. The smallest absolute Gasteiger partial charge is 0.214 e. The molecule has 0 radical (unpaired) electrons. The van der Waals surface area contributed by atoms with Gasteiger partial charge in [0.15, 0.2) is 0 Å². The molecular formula is C10H22N2O3S. The van der Waals surface area contributed by atoms with Gasteiger partial charge in [0.1, 0.15) is 0 Å². The minimum Gasteiger partial charge on any atom is -0.378 e. The van der Waals surface area contributed by atoms with Gasteiger partial charge in [0.2, 0.25) is 10.0 Å². The molecule has 0 aliphatic carbocycles. The van der Waals surface area contributed by atoms with Crippen LogP contribution in [0.3, 0.4) is 0 Å². The zero-order valence-electron chi connectivity index (χ0n) is 10.1. The van der Waals surface area contributed by atoms with Crippen LogP contribution in [0.25, 0.3) is 0 Å². The van der Waals surface area contributed by atoms with Gasteiger partial charge in [-0.1, -0.05) is 13.8 Å². The molecule has 1 rings (SSSR count). The second kappa shape index (κ2) is 5.95. The SMILES string of the molecule is CC(C)CCS(=O)(=O)N1CCOCC1CN. The molecule has 1 aliphatic rings. The van der Waals surface area contributed by atoms with Gasteiger partial charge in [-0.2, -0.15) is 4.31 Å². The lowest BCUT2D eigenvalue weighted by Gasteiger charge is -2.33. The number of sulfonamides is 1. The first-order valence-electron chi connectivity index (χ1n) is 5.74. The number of hydrogen-bond donors (Lipinski definition) is 1. The molecule has 0 amide bonds. The van der Waals surface area contributed by atoms with Gasteiger partial charge in [-0.25, -0.2) is 8.42 Å². The van der Waals surface area contributed by atoms with Gasteiger partial charge in [0.25, 0.3) is 0 Å². The molecule has 1 atom stereocenters. The second-order valence-electron chi connectivity index (χ2n) is 4.57. The number of ether oxygens (including phenoxy) is 1. The molecule has 2 N–H and O–H groups in total. The van der Waals surface area contributed by atoms with E-state index in [2.05, 4.69) is 0 Å². The van der Waals surface area contributed by atoms with E-state index in [9.17, 15) is 8.42 Å². The Morgan fingerprint density at radius 1 is 1.50 bits per heavy atom. The van der Waals surface area contributed by atoms with Crippen LogP contribution in [0.4, 0.5) is 0 Å². The molecule has 96 valence electrons. The predicted molar refractivity (Wildman–Crippen MR) is 63.6 cm³/mol. The number of hydrogen-bond acceptors (Lipinski definition) is 4. The zero-order chi connectivity index (χ0) is 12.2. The molecule has 0 spiro atoms. The van der Waals surface area contributed by atoms with Crippen molar-refractivity contribution >= 4 is 10.0 Å². The topological polar surface area (TPSA) is 72.6 Å². The molecule has 1 saturated heterocycles. The lowest BCUT2D eigenvalue weighted by molar-refractivity contribution is 0.0358. The van der Waals surface area contributed by atoms with Crippen LogP contribution < -0.4 is 5.73 Å². The van der Waals surface area contributed by atoms with Crippen LogP contribution in [0.15, 0.2) is 0 Å². The Morgan fingerprint density at radius 3 is 2.75 bits per heavy atom. The normalized spacial score (nSPS) is 23.9. The third kappa shape index (κ3) is 3.69. The van der Waals surface area contributed by atoms with Crippen LogP contribution in [-0.4, -0.2) is 50.8 Å². The lowest BCUT2D eigenvalue weighted by Crippen LogP contribution is -2.52. The van der Waals surface area contributed by atoms with Crippen molar-refractivity contribution in [2.75, 3.05) is 32.1 Å². The van der Waals surface area contributed by atoms with Gasteiger partial charge in [0.05, 0.1) is 25.0 Å². The van der Waals surface area contributed by atoms with Gasteiger partial charge < -0.3 is 10.5 Å². The van der Waals surface area contributed by atoms with E-state index < -0.39 is 10.0 Å². The molecule has 0 aromatic carbocycles. The summed E-state index contributed by atoms with van der Waals surface area (Å²) < 4.78 is 30.9. The standard InChI is InChI=1S/C10H22N2O3S/c1-9(2)3-6-16(13,14)12-4-5-15-8-10(12)7-11/h9-10H,3-8,11H2,1-2H3. The summed E-state index contributed by atoms with van der Waals surface area (Å²) in [5.74, 6) is 0.605. The quantitative estimate of drug-likeness (QED) is 0.746. The maximum absolute atomic E-state index is 12.1. The highest BCUT2D eigenvalue weighted by molar-refractivity contribution is 7.89. The molecule has 5 nitrogen and oxygen atoms in total. The highest BCUT2D eigenvalue weighted by Gasteiger charge is 2.31. The van der Waals surface area contributed by atoms with Crippen LogP contribution in [0, 0.1) is 5.92 Å². The fraction of sp³-hybridized carbons (Fsp3) is 1.00. The highest BCUT2D eigenvalue weighted by atomic mass is 32.2. The molecule has 0 bridgehead atoms. The first-order valence-corrected chi connectivity index (χ1v) is 7.35. The van der Waals surface area contributed by atoms with Crippen molar-refractivity contribution < 1.29 is 13.2 Å². The van der Waals surface area contributed by atoms with Crippen LogP contribution >= 0.6 is 0 Å². The average molecular weight is 250 g/mol. The van der Waals surface area contributed by atoms with Crippen molar-refractivity contribution in [1.29, 1.82) is 0 Å². The zero-order valence-corrected chi connectivity index (χ0v) is 10.9. The molecule has 1 fully saturated rings. The molecule has 0 saturated carbocycles. The third-order valence-corrected chi connectivity index (χ3v) is 4.70. The molecule has 1 heterocycles. The second-order valence-corrected chi connectivity index (χ2v) is 6.61. The van der Waals surface area contributed by atoms with E-state index in [4.69, 9.17) is 10.5 Å². The minimum atomic E-state index is -3.17. The number of rotatable bonds is 5.